The fourth-order valence-electron chi connectivity index (χ4n) is 3.93. The van der Waals surface area contributed by atoms with Gasteiger partial charge in [-0.1, -0.05) is 83.3 Å². The summed E-state index contributed by atoms with van der Waals surface area (Å²) in [5.41, 5.74) is 2.29. The molecular formula is C26H36INO3S. The van der Waals surface area contributed by atoms with E-state index in [0.717, 1.165) is 24.0 Å². The van der Waals surface area contributed by atoms with Crippen LogP contribution in [0.15, 0.2) is 60.7 Å². The lowest BCUT2D eigenvalue weighted by molar-refractivity contribution is -0.0839. The molecule has 0 aliphatic carbocycles. The first-order valence-electron chi connectivity index (χ1n) is 11.4. The first-order valence-corrected chi connectivity index (χ1v) is 13.7. The predicted octanol–water partition coefficient (Wildman–Crippen LogP) is 5.91. The van der Waals surface area contributed by atoms with Gasteiger partial charge >= 0.3 is 0 Å². The molecule has 0 amide bonds. The van der Waals surface area contributed by atoms with E-state index in [9.17, 15) is 4.55 Å². The number of halogens is 1. The minimum Gasteiger partial charge on any atom is -0.597 e. The third-order valence-electron chi connectivity index (χ3n) is 5.74. The van der Waals surface area contributed by atoms with Crippen molar-refractivity contribution in [3.05, 3.63) is 71.8 Å². The van der Waals surface area contributed by atoms with Crippen molar-refractivity contribution in [3.8, 4) is 0 Å². The third-order valence-corrected chi connectivity index (χ3v) is 9.25. The maximum absolute atomic E-state index is 13.8. The van der Waals surface area contributed by atoms with Crippen molar-refractivity contribution in [2.45, 2.75) is 80.6 Å². The van der Waals surface area contributed by atoms with Crippen molar-refractivity contribution < 1.29 is 14.0 Å². The van der Waals surface area contributed by atoms with E-state index in [2.05, 4.69) is 58.1 Å². The zero-order chi connectivity index (χ0) is 23.1. The van der Waals surface area contributed by atoms with Gasteiger partial charge in [0.05, 0.1) is 32.0 Å². The minimum atomic E-state index is -1.20. The second-order valence-corrected chi connectivity index (χ2v) is 13.3. The Kier molecular flexibility index (Phi) is 9.88. The molecule has 1 aliphatic heterocycles. The molecule has 1 heterocycles. The highest BCUT2D eigenvalue weighted by atomic mass is 127. The molecule has 32 heavy (non-hydrogen) atoms. The molecule has 0 saturated carbocycles. The molecule has 4 nitrogen and oxygen atoms in total. The molecule has 3 unspecified atom stereocenters. The highest BCUT2D eigenvalue weighted by Gasteiger charge is 2.43. The molecule has 1 fully saturated rings. The van der Waals surface area contributed by atoms with Crippen LogP contribution >= 0.6 is 22.6 Å². The summed E-state index contributed by atoms with van der Waals surface area (Å²) in [4.78, 5) is 0. The lowest BCUT2D eigenvalue weighted by Gasteiger charge is -2.43. The van der Waals surface area contributed by atoms with Gasteiger partial charge in [-0.2, -0.15) is 0 Å². The van der Waals surface area contributed by atoms with Crippen molar-refractivity contribution in [1.29, 1.82) is 0 Å². The predicted molar refractivity (Wildman–Crippen MR) is 141 cm³/mol. The number of ether oxygens (including phenoxy) is 2. The molecule has 0 spiro atoms. The third kappa shape index (κ3) is 7.43. The molecule has 0 N–H and O–H groups in total. The second-order valence-electron chi connectivity index (χ2n) is 9.46. The molecule has 0 aromatic heterocycles. The zero-order valence-electron chi connectivity index (χ0n) is 19.6. The Morgan fingerprint density at radius 2 is 1.66 bits per heavy atom. The summed E-state index contributed by atoms with van der Waals surface area (Å²) in [6.07, 6.45) is 2.21. The second kappa shape index (κ2) is 12.2. The fourth-order valence-corrected chi connectivity index (χ4v) is 5.87. The van der Waals surface area contributed by atoms with Gasteiger partial charge < -0.3 is 14.0 Å². The SMILES string of the molecule is CC1O[C@H]([C@H](COCc2ccccc2)N(Cc2ccccc2)[S+]([O-])C(C)(C)C)CCC1I. The molecule has 3 rings (SSSR count). The van der Waals surface area contributed by atoms with Crippen molar-refractivity contribution in [2.24, 2.45) is 0 Å². The Morgan fingerprint density at radius 3 is 2.22 bits per heavy atom. The van der Waals surface area contributed by atoms with E-state index in [-0.39, 0.29) is 23.0 Å². The summed E-state index contributed by atoms with van der Waals surface area (Å²) in [6.45, 7) is 9.87. The van der Waals surface area contributed by atoms with E-state index < -0.39 is 11.4 Å². The largest absolute Gasteiger partial charge is 0.597 e. The van der Waals surface area contributed by atoms with Gasteiger partial charge in [0.25, 0.3) is 0 Å². The van der Waals surface area contributed by atoms with Crippen molar-refractivity contribution in [3.63, 3.8) is 0 Å². The van der Waals surface area contributed by atoms with E-state index in [1.807, 2.05) is 57.2 Å². The molecule has 2 aromatic carbocycles. The summed E-state index contributed by atoms with van der Waals surface area (Å²) in [5, 5.41) is 0. The monoisotopic (exact) mass is 569 g/mol. The van der Waals surface area contributed by atoms with Crippen LogP contribution in [0.3, 0.4) is 0 Å². The van der Waals surface area contributed by atoms with Crippen molar-refractivity contribution in [2.75, 3.05) is 6.61 Å². The molecule has 1 saturated heterocycles. The molecule has 0 radical (unpaired) electrons. The summed E-state index contributed by atoms with van der Waals surface area (Å²) in [5.74, 6) is 0. The lowest BCUT2D eigenvalue weighted by Crippen LogP contribution is -2.56. The normalized spacial score (nSPS) is 23.8. The van der Waals surface area contributed by atoms with Gasteiger partial charge in [0.1, 0.15) is 10.8 Å². The zero-order valence-corrected chi connectivity index (χ0v) is 22.6. The van der Waals surface area contributed by atoms with E-state index >= 15 is 0 Å². The van der Waals surface area contributed by atoms with Crippen LogP contribution < -0.4 is 0 Å². The molecule has 0 bridgehead atoms. The number of benzene rings is 2. The standard InChI is InChI=1S/C26H36INO3S/c1-20-23(27)15-16-25(31-20)24(19-30-18-22-13-9-6-10-14-22)28(32(29)26(2,3)4)17-21-11-7-5-8-12-21/h5-14,20,23-25H,15-19H2,1-4H3/t20?,23?,24-,25-,32?/m0/s1. The van der Waals surface area contributed by atoms with Gasteiger partial charge in [0.2, 0.25) is 0 Å². The van der Waals surface area contributed by atoms with Crippen LogP contribution in [0.5, 0.6) is 0 Å². The first kappa shape index (κ1) is 26.0. The number of alkyl halides is 1. The summed E-state index contributed by atoms with van der Waals surface area (Å²) < 4.78 is 28.7. The number of hydrogen-bond acceptors (Lipinski definition) is 4. The van der Waals surface area contributed by atoms with Gasteiger partial charge in [0.15, 0.2) is 0 Å². The Morgan fingerprint density at radius 1 is 1.06 bits per heavy atom. The number of hydrogen-bond donors (Lipinski definition) is 0. The average Bonchev–Trinajstić information content (AvgIpc) is 2.78. The Hall–Kier alpha value is -0.640. The molecule has 1 aliphatic rings. The smallest absolute Gasteiger partial charge is 0.137 e. The highest BCUT2D eigenvalue weighted by molar-refractivity contribution is 14.1. The molecule has 2 aromatic rings. The van der Waals surface area contributed by atoms with Crippen LogP contribution in [0.4, 0.5) is 0 Å². The number of rotatable bonds is 9. The molecule has 176 valence electrons. The fraction of sp³-hybridized carbons (Fsp3) is 0.538. The van der Waals surface area contributed by atoms with Crippen LogP contribution in [-0.4, -0.2) is 42.4 Å². The molecule has 6 heteroatoms. The van der Waals surface area contributed by atoms with Crippen LogP contribution in [0.2, 0.25) is 0 Å². The van der Waals surface area contributed by atoms with E-state index in [4.69, 9.17) is 9.47 Å². The lowest BCUT2D eigenvalue weighted by atomic mass is 9.99. The van der Waals surface area contributed by atoms with Gasteiger partial charge in [-0.15, -0.1) is 4.31 Å². The Balaban J connectivity index is 1.84. The van der Waals surface area contributed by atoms with Crippen molar-refractivity contribution >= 4 is 34.0 Å². The Labute approximate surface area is 210 Å². The molecular weight excluding hydrogens is 533 g/mol. The first-order chi connectivity index (χ1) is 15.3. The van der Waals surface area contributed by atoms with Crippen LogP contribution in [0.25, 0.3) is 0 Å². The van der Waals surface area contributed by atoms with E-state index in [1.54, 1.807) is 0 Å². The quantitative estimate of drug-likeness (QED) is 0.214. The average molecular weight is 570 g/mol. The van der Waals surface area contributed by atoms with Crippen LogP contribution in [-0.2, 0) is 34.0 Å². The summed E-state index contributed by atoms with van der Waals surface area (Å²) in [6, 6.07) is 20.4. The van der Waals surface area contributed by atoms with Gasteiger partial charge in [-0.25, -0.2) is 0 Å². The van der Waals surface area contributed by atoms with Crippen molar-refractivity contribution in [1.82, 2.24) is 4.31 Å². The summed E-state index contributed by atoms with van der Waals surface area (Å²) >= 11 is 1.28. The van der Waals surface area contributed by atoms with Gasteiger partial charge in [-0.05, 0) is 51.7 Å². The van der Waals surface area contributed by atoms with E-state index in [0.29, 0.717) is 23.7 Å². The minimum absolute atomic E-state index is 0.0122. The van der Waals surface area contributed by atoms with Crippen LogP contribution in [0.1, 0.15) is 51.7 Å². The van der Waals surface area contributed by atoms with Crippen LogP contribution in [0, 0.1) is 0 Å². The van der Waals surface area contributed by atoms with Gasteiger partial charge in [0, 0.05) is 15.3 Å². The van der Waals surface area contributed by atoms with Gasteiger partial charge in [-0.3, -0.25) is 0 Å². The summed E-state index contributed by atoms with van der Waals surface area (Å²) in [7, 11) is 0. The van der Waals surface area contributed by atoms with E-state index in [1.165, 1.54) is 0 Å². The molecule has 5 atom stereocenters. The number of nitrogens with zero attached hydrogens (tertiary/aromatic N) is 1. The maximum atomic E-state index is 13.8. The maximum Gasteiger partial charge on any atom is 0.137 e. The Bertz CT molecular complexity index is 802. The highest BCUT2D eigenvalue weighted by Crippen LogP contribution is 2.33. The topological polar surface area (TPSA) is 44.8 Å².